The van der Waals surface area contributed by atoms with Crippen molar-refractivity contribution in [2.45, 2.75) is 111 Å². The van der Waals surface area contributed by atoms with Gasteiger partial charge in [0.1, 0.15) is 11.8 Å². The number of nitriles is 1. The van der Waals surface area contributed by atoms with Gasteiger partial charge in [0.2, 0.25) is 0 Å². The van der Waals surface area contributed by atoms with Crippen LogP contribution in [0.5, 0.6) is 5.75 Å². The predicted molar refractivity (Wildman–Crippen MR) is 144 cm³/mol. The average molecular weight is 488 g/mol. The van der Waals surface area contributed by atoms with Gasteiger partial charge in [0, 0.05) is 11.3 Å². The number of hydrogen-bond acceptors (Lipinski definition) is 3. The Balaban J connectivity index is 2.04. The molecule has 0 unspecified atom stereocenters. The molecule has 182 valence electrons. The molecule has 1 heterocycles. The summed E-state index contributed by atoms with van der Waals surface area (Å²) < 4.78 is 6.96. The highest BCUT2D eigenvalue weighted by molar-refractivity contribution is 7.16. The summed E-state index contributed by atoms with van der Waals surface area (Å²) in [7, 11) is 0. The van der Waals surface area contributed by atoms with Crippen molar-refractivity contribution in [3.63, 3.8) is 0 Å². The lowest BCUT2D eigenvalue weighted by Gasteiger charge is -2.14. The standard InChI is InChI=1S/C29H42ClNOS/c1-4-6-8-10-12-14-16-24-17-18-27(32-19-15-13-11-9-7-5-2)25(20-24)21-28-26(22-31)23(3)29(30)33-28/h17-18,20H,4-16,19,21H2,1-3H3. The first-order valence-electron chi connectivity index (χ1n) is 13.0. The monoisotopic (exact) mass is 487 g/mol. The molecule has 0 saturated heterocycles. The predicted octanol–water partition coefficient (Wildman–Crippen LogP) is 9.81. The summed E-state index contributed by atoms with van der Waals surface area (Å²) in [6.45, 7) is 7.20. The lowest BCUT2D eigenvalue weighted by molar-refractivity contribution is 0.302. The minimum absolute atomic E-state index is 0.706. The molecule has 0 N–H and O–H groups in total. The summed E-state index contributed by atoms with van der Waals surface area (Å²) in [6, 6.07) is 9.03. The zero-order valence-electron chi connectivity index (χ0n) is 21.0. The summed E-state index contributed by atoms with van der Waals surface area (Å²) >= 11 is 7.89. The molecule has 2 nitrogen and oxygen atoms in total. The van der Waals surface area contributed by atoms with Crippen molar-refractivity contribution < 1.29 is 4.74 Å². The molecular weight excluding hydrogens is 446 g/mol. The van der Waals surface area contributed by atoms with Crippen molar-refractivity contribution in [3.8, 4) is 11.8 Å². The smallest absolute Gasteiger partial charge is 0.122 e. The fraction of sp³-hybridized carbons (Fsp3) is 0.621. The van der Waals surface area contributed by atoms with Crippen LogP contribution in [0.2, 0.25) is 4.34 Å². The van der Waals surface area contributed by atoms with E-state index in [1.54, 1.807) is 0 Å². The number of ether oxygens (including phenoxy) is 1. The minimum atomic E-state index is 0.706. The first-order chi connectivity index (χ1) is 16.1. The molecule has 0 fully saturated rings. The van der Waals surface area contributed by atoms with E-state index in [0.29, 0.717) is 6.42 Å². The van der Waals surface area contributed by atoms with Gasteiger partial charge in [0.25, 0.3) is 0 Å². The van der Waals surface area contributed by atoms with E-state index in [0.717, 1.165) is 45.5 Å². The average Bonchev–Trinajstić information content (AvgIpc) is 3.08. The molecule has 33 heavy (non-hydrogen) atoms. The molecular formula is C29H42ClNOS. The first-order valence-corrected chi connectivity index (χ1v) is 14.2. The maximum Gasteiger partial charge on any atom is 0.122 e. The number of unbranched alkanes of at least 4 members (excludes halogenated alkanes) is 10. The van der Waals surface area contributed by atoms with E-state index in [9.17, 15) is 5.26 Å². The Labute approximate surface area is 211 Å². The second-order valence-corrected chi connectivity index (χ2v) is 10.9. The van der Waals surface area contributed by atoms with Crippen LogP contribution < -0.4 is 4.74 Å². The van der Waals surface area contributed by atoms with Gasteiger partial charge in [-0.05, 0) is 48.9 Å². The van der Waals surface area contributed by atoms with Crippen LogP contribution in [0.4, 0.5) is 0 Å². The summed E-state index contributed by atoms with van der Waals surface area (Å²) in [5, 5.41) is 9.65. The fourth-order valence-corrected chi connectivity index (χ4v) is 5.60. The Bertz CT molecular complexity index is 867. The molecule has 0 aliphatic rings. The minimum Gasteiger partial charge on any atom is -0.493 e. The van der Waals surface area contributed by atoms with Crippen molar-refractivity contribution in [3.05, 3.63) is 49.7 Å². The molecule has 0 spiro atoms. The van der Waals surface area contributed by atoms with Gasteiger partial charge in [-0.2, -0.15) is 5.26 Å². The van der Waals surface area contributed by atoms with Crippen molar-refractivity contribution in [1.29, 1.82) is 5.26 Å². The van der Waals surface area contributed by atoms with Gasteiger partial charge in [-0.1, -0.05) is 102 Å². The molecule has 0 radical (unpaired) electrons. The van der Waals surface area contributed by atoms with Gasteiger partial charge in [-0.3, -0.25) is 0 Å². The third kappa shape index (κ3) is 9.71. The van der Waals surface area contributed by atoms with Crippen molar-refractivity contribution >= 4 is 22.9 Å². The number of nitrogens with zero attached hydrogens (tertiary/aromatic N) is 1. The maximum atomic E-state index is 9.65. The lowest BCUT2D eigenvalue weighted by Crippen LogP contribution is -2.02. The molecule has 0 amide bonds. The van der Waals surface area contributed by atoms with Crippen LogP contribution >= 0.6 is 22.9 Å². The maximum absolute atomic E-state index is 9.65. The normalized spacial score (nSPS) is 11.0. The van der Waals surface area contributed by atoms with E-state index in [-0.39, 0.29) is 0 Å². The molecule has 2 rings (SSSR count). The van der Waals surface area contributed by atoms with Crippen LogP contribution in [-0.4, -0.2) is 6.61 Å². The molecule has 0 aliphatic heterocycles. The quantitative estimate of drug-likeness (QED) is 0.208. The number of aryl methyl sites for hydroxylation is 1. The van der Waals surface area contributed by atoms with E-state index < -0.39 is 0 Å². The Hall–Kier alpha value is -1.50. The van der Waals surface area contributed by atoms with Gasteiger partial charge in [-0.15, -0.1) is 11.3 Å². The Morgan fingerprint density at radius 1 is 0.909 bits per heavy atom. The zero-order valence-corrected chi connectivity index (χ0v) is 22.6. The van der Waals surface area contributed by atoms with Gasteiger partial charge in [0.15, 0.2) is 0 Å². The highest BCUT2D eigenvalue weighted by Gasteiger charge is 2.16. The van der Waals surface area contributed by atoms with Crippen molar-refractivity contribution in [2.24, 2.45) is 0 Å². The molecule has 1 aromatic carbocycles. The van der Waals surface area contributed by atoms with Gasteiger partial charge in [-0.25, -0.2) is 0 Å². The summed E-state index contributed by atoms with van der Waals surface area (Å²) in [4.78, 5) is 1.04. The summed E-state index contributed by atoms with van der Waals surface area (Å²) in [6.07, 6.45) is 17.2. The number of thiophene rings is 1. The van der Waals surface area contributed by atoms with Crippen LogP contribution in [0.25, 0.3) is 0 Å². The first kappa shape index (κ1) is 27.7. The third-order valence-corrected chi connectivity index (χ3v) is 7.92. The molecule has 2 aromatic rings. The second kappa shape index (κ2) is 16.2. The van der Waals surface area contributed by atoms with Crippen LogP contribution in [0.1, 0.15) is 118 Å². The summed E-state index contributed by atoms with van der Waals surface area (Å²) in [5.74, 6) is 0.960. The van der Waals surface area contributed by atoms with Crippen molar-refractivity contribution in [2.75, 3.05) is 6.61 Å². The van der Waals surface area contributed by atoms with Crippen LogP contribution in [0.15, 0.2) is 18.2 Å². The highest BCUT2D eigenvalue weighted by atomic mass is 35.5. The van der Waals surface area contributed by atoms with E-state index in [2.05, 4.69) is 38.1 Å². The lowest BCUT2D eigenvalue weighted by atomic mass is 9.99. The van der Waals surface area contributed by atoms with Crippen molar-refractivity contribution in [1.82, 2.24) is 0 Å². The molecule has 0 saturated carbocycles. The molecule has 0 atom stereocenters. The third-order valence-electron chi connectivity index (χ3n) is 6.32. The largest absolute Gasteiger partial charge is 0.493 e. The fourth-order valence-electron chi connectivity index (χ4n) is 4.23. The SMILES string of the molecule is CCCCCCCCOc1ccc(CCCCCCCC)cc1Cc1sc(Cl)c(C)c1C#N. The van der Waals surface area contributed by atoms with E-state index in [4.69, 9.17) is 16.3 Å². The zero-order chi connectivity index (χ0) is 23.9. The van der Waals surface area contributed by atoms with Crippen LogP contribution in [0, 0.1) is 18.3 Å². The Kier molecular flexibility index (Phi) is 13.6. The second-order valence-electron chi connectivity index (χ2n) is 9.16. The number of benzene rings is 1. The molecule has 0 bridgehead atoms. The van der Waals surface area contributed by atoms with E-state index in [1.165, 1.54) is 93.1 Å². The number of halogens is 1. The van der Waals surface area contributed by atoms with Crippen LogP contribution in [0.3, 0.4) is 0 Å². The number of hydrogen-bond donors (Lipinski definition) is 0. The molecule has 4 heteroatoms. The Morgan fingerprint density at radius 2 is 1.55 bits per heavy atom. The van der Waals surface area contributed by atoms with Gasteiger partial charge >= 0.3 is 0 Å². The Morgan fingerprint density at radius 3 is 2.21 bits per heavy atom. The molecule has 1 aromatic heterocycles. The molecule has 0 aliphatic carbocycles. The van der Waals surface area contributed by atoms with Gasteiger partial charge < -0.3 is 4.74 Å². The topological polar surface area (TPSA) is 33.0 Å². The summed E-state index contributed by atoms with van der Waals surface area (Å²) in [5.41, 5.74) is 4.18. The van der Waals surface area contributed by atoms with Crippen LogP contribution in [-0.2, 0) is 12.8 Å². The van der Waals surface area contributed by atoms with Gasteiger partial charge in [0.05, 0.1) is 16.5 Å². The van der Waals surface area contributed by atoms with E-state index in [1.807, 2.05) is 6.92 Å². The van der Waals surface area contributed by atoms with E-state index >= 15 is 0 Å². The highest BCUT2D eigenvalue weighted by Crippen LogP contribution is 2.35. The number of rotatable bonds is 17.